The molecule has 2 aromatic carbocycles. The predicted molar refractivity (Wildman–Crippen MR) is 77.7 cm³/mol. The lowest BCUT2D eigenvalue weighted by Gasteiger charge is -2.17. The second kappa shape index (κ2) is 7.34. The molecule has 3 nitrogen and oxygen atoms in total. The summed E-state index contributed by atoms with van der Waals surface area (Å²) in [6.07, 6.45) is 0.0909. The van der Waals surface area contributed by atoms with E-state index < -0.39 is 6.16 Å². The van der Waals surface area contributed by atoms with Gasteiger partial charge in [-0.3, -0.25) is 0 Å². The quantitative estimate of drug-likeness (QED) is 0.771. The first kappa shape index (κ1) is 14.1. The summed E-state index contributed by atoms with van der Waals surface area (Å²) in [5.74, 6) is 0.210. The fourth-order valence-corrected chi connectivity index (χ4v) is 2.22. The van der Waals surface area contributed by atoms with Crippen LogP contribution >= 0.6 is 0 Å². The molecule has 0 fully saturated rings. The molecule has 0 saturated carbocycles. The third-order valence-corrected chi connectivity index (χ3v) is 3.20. The van der Waals surface area contributed by atoms with E-state index in [0.29, 0.717) is 6.61 Å². The smallest absolute Gasteiger partial charge is 0.438 e. The maximum atomic E-state index is 11.0. The summed E-state index contributed by atoms with van der Waals surface area (Å²) >= 11 is 0. The molecule has 0 aliphatic heterocycles. The molecule has 0 bridgehead atoms. The molecule has 0 unspecified atom stereocenters. The van der Waals surface area contributed by atoms with Gasteiger partial charge in [-0.2, -0.15) is 0 Å². The van der Waals surface area contributed by atoms with Crippen molar-refractivity contribution in [3.8, 4) is 0 Å². The van der Waals surface area contributed by atoms with Crippen LogP contribution in [0.25, 0.3) is 0 Å². The van der Waals surface area contributed by atoms with Gasteiger partial charge in [0.25, 0.3) is 0 Å². The van der Waals surface area contributed by atoms with Crippen LogP contribution in [0.4, 0.5) is 4.79 Å². The lowest BCUT2D eigenvalue weighted by atomic mass is 9.89. The van der Waals surface area contributed by atoms with Crippen LogP contribution in [0.5, 0.6) is 0 Å². The predicted octanol–water partition coefficient (Wildman–Crippen LogP) is 3.99. The molecule has 3 heteroatoms. The first-order valence-corrected chi connectivity index (χ1v) is 6.62. The van der Waals surface area contributed by atoms with Gasteiger partial charge in [0.2, 0.25) is 0 Å². The summed E-state index contributed by atoms with van der Waals surface area (Å²) in [5.41, 5.74) is 2.43. The Kier molecular flexibility index (Phi) is 5.18. The van der Waals surface area contributed by atoms with Gasteiger partial charge >= 0.3 is 6.16 Å². The van der Waals surface area contributed by atoms with E-state index in [2.05, 4.69) is 29.0 Å². The lowest BCUT2D eigenvalue weighted by molar-refractivity contribution is 0.0710. The summed E-state index contributed by atoms with van der Waals surface area (Å²) in [5, 5.41) is 0. The molecule has 0 aliphatic rings. The summed E-state index contributed by atoms with van der Waals surface area (Å²) < 4.78 is 9.49. The molecular weight excluding hydrogens is 252 g/mol. The molecule has 0 N–H and O–H groups in total. The van der Waals surface area contributed by atoms with Crippen molar-refractivity contribution >= 4 is 6.16 Å². The van der Waals surface area contributed by atoms with Crippen molar-refractivity contribution in [2.45, 2.75) is 12.3 Å². The van der Waals surface area contributed by atoms with E-state index in [0.717, 1.165) is 6.42 Å². The van der Waals surface area contributed by atoms with Gasteiger partial charge in [0.15, 0.2) is 0 Å². The van der Waals surface area contributed by atoms with Gasteiger partial charge in [0.1, 0.15) is 0 Å². The van der Waals surface area contributed by atoms with E-state index in [1.165, 1.54) is 18.2 Å². The largest absolute Gasteiger partial charge is 0.507 e. The number of carbonyl (C=O) groups is 1. The third kappa shape index (κ3) is 3.85. The molecular formula is C17H18O3. The average Bonchev–Trinajstić information content (AvgIpc) is 2.53. The fraction of sp³-hybridized carbons (Fsp3) is 0.235. The first-order valence-electron chi connectivity index (χ1n) is 6.62. The summed E-state index contributed by atoms with van der Waals surface area (Å²) in [6.45, 7) is 0.334. The molecule has 0 radical (unpaired) electrons. The van der Waals surface area contributed by atoms with Crippen LogP contribution in [-0.2, 0) is 9.47 Å². The molecule has 104 valence electrons. The summed E-state index contributed by atoms with van der Waals surface area (Å²) in [6, 6.07) is 20.4. The average molecular weight is 270 g/mol. The molecule has 0 aromatic heterocycles. The molecule has 2 rings (SSSR count). The normalized spacial score (nSPS) is 10.3. The Balaban J connectivity index is 2.11. The second-order valence-electron chi connectivity index (χ2n) is 4.47. The zero-order valence-corrected chi connectivity index (χ0v) is 11.5. The Morgan fingerprint density at radius 1 is 0.950 bits per heavy atom. The zero-order valence-electron chi connectivity index (χ0n) is 11.5. The number of carbonyl (C=O) groups excluding carboxylic acids is 1. The van der Waals surface area contributed by atoms with Crippen molar-refractivity contribution in [3.05, 3.63) is 71.8 Å². The molecule has 20 heavy (non-hydrogen) atoms. The van der Waals surface area contributed by atoms with Crippen LogP contribution in [0.1, 0.15) is 23.5 Å². The highest BCUT2D eigenvalue weighted by Crippen LogP contribution is 2.27. The van der Waals surface area contributed by atoms with Crippen LogP contribution in [0.15, 0.2) is 60.7 Å². The summed E-state index contributed by atoms with van der Waals surface area (Å²) in [4.78, 5) is 11.0. The van der Waals surface area contributed by atoms with Crippen molar-refractivity contribution in [2.75, 3.05) is 13.7 Å². The lowest BCUT2D eigenvalue weighted by Crippen LogP contribution is -2.10. The molecule has 0 heterocycles. The van der Waals surface area contributed by atoms with E-state index in [-0.39, 0.29) is 5.92 Å². The molecule has 0 atom stereocenters. The number of methoxy groups -OCH3 is 1. The number of benzene rings is 2. The zero-order chi connectivity index (χ0) is 14.2. The second-order valence-corrected chi connectivity index (χ2v) is 4.47. The van der Waals surface area contributed by atoms with E-state index in [9.17, 15) is 4.79 Å². The number of rotatable bonds is 5. The molecule has 0 saturated heterocycles. The Labute approximate surface area is 119 Å². The van der Waals surface area contributed by atoms with Crippen molar-refractivity contribution in [1.29, 1.82) is 0 Å². The number of ether oxygens (including phenoxy) is 2. The number of hydrogen-bond acceptors (Lipinski definition) is 3. The minimum absolute atomic E-state index is 0.210. The van der Waals surface area contributed by atoms with Gasteiger partial charge in [-0.25, -0.2) is 4.79 Å². The third-order valence-electron chi connectivity index (χ3n) is 3.20. The highest BCUT2D eigenvalue weighted by atomic mass is 16.7. The van der Waals surface area contributed by atoms with E-state index >= 15 is 0 Å². The van der Waals surface area contributed by atoms with Crippen LogP contribution in [0, 0.1) is 0 Å². The van der Waals surface area contributed by atoms with E-state index in [1.807, 2.05) is 36.4 Å². The van der Waals surface area contributed by atoms with Crippen molar-refractivity contribution < 1.29 is 14.3 Å². The molecule has 0 amide bonds. The Morgan fingerprint density at radius 3 is 1.90 bits per heavy atom. The Bertz CT molecular complexity index is 483. The van der Waals surface area contributed by atoms with Gasteiger partial charge in [0.05, 0.1) is 13.7 Å². The minimum Gasteiger partial charge on any atom is -0.438 e. The van der Waals surface area contributed by atoms with Crippen LogP contribution in [0.2, 0.25) is 0 Å². The highest BCUT2D eigenvalue weighted by molar-refractivity contribution is 5.59. The highest BCUT2D eigenvalue weighted by Gasteiger charge is 2.14. The van der Waals surface area contributed by atoms with Crippen LogP contribution < -0.4 is 0 Å². The van der Waals surface area contributed by atoms with Crippen molar-refractivity contribution in [3.63, 3.8) is 0 Å². The standard InChI is InChI=1S/C17H18O3/c1-19-17(18)20-13-12-16(14-8-4-2-5-9-14)15-10-6-3-7-11-15/h2-11,16H,12-13H2,1H3. The van der Waals surface area contributed by atoms with Gasteiger partial charge < -0.3 is 9.47 Å². The van der Waals surface area contributed by atoms with Crippen LogP contribution in [0.3, 0.4) is 0 Å². The van der Waals surface area contributed by atoms with Crippen molar-refractivity contribution in [2.24, 2.45) is 0 Å². The monoisotopic (exact) mass is 270 g/mol. The molecule has 0 spiro atoms. The van der Waals surface area contributed by atoms with Crippen LogP contribution in [-0.4, -0.2) is 19.9 Å². The topological polar surface area (TPSA) is 35.5 Å². The fourth-order valence-electron chi connectivity index (χ4n) is 2.22. The van der Waals surface area contributed by atoms with Gasteiger partial charge in [-0.1, -0.05) is 60.7 Å². The maximum Gasteiger partial charge on any atom is 0.507 e. The van der Waals surface area contributed by atoms with E-state index in [1.54, 1.807) is 0 Å². The Morgan fingerprint density at radius 2 is 1.45 bits per heavy atom. The Hall–Kier alpha value is -2.29. The van der Waals surface area contributed by atoms with E-state index in [4.69, 9.17) is 4.74 Å². The first-order chi connectivity index (χ1) is 9.81. The van der Waals surface area contributed by atoms with Gasteiger partial charge in [-0.15, -0.1) is 0 Å². The SMILES string of the molecule is COC(=O)OCCC(c1ccccc1)c1ccccc1. The maximum absolute atomic E-state index is 11.0. The molecule has 2 aromatic rings. The minimum atomic E-state index is -0.634. The van der Waals surface area contributed by atoms with Crippen molar-refractivity contribution in [1.82, 2.24) is 0 Å². The number of hydrogen-bond donors (Lipinski definition) is 0. The van der Waals surface area contributed by atoms with Gasteiger partial charge in [-0.05, 0) is 17.5 Å². The van der Waals surface area contributed by atoms with Gasteiger partial charge in [0, 0.05) is 5.92 Å². The molecule has 0 aliphatic carbocycles. The summed E-state index contributed by atoms with van der Waals surface area (Å²) in [7, 11) is 1.31.